The Morgan fingerprint density at radius 2 is 2.28 bits per heavy atom. The maximum atomic E-state index is 12.1. The molecule has 0 unspecified atom stereocenters. The molecule has 2 aromatic heterocycles. The summed E-state index contributed by atoms with van der Waals surface area (Å²) in [7, 11) is 0. The second kappa shape index (κ2) is 5.44. The minimum absolute atomic E-state index is 0.00190. The number of fused-ring (bicyclic) bond motifs is 1. The van der Waals surface area contributed by atoms with Crippen LogP contribution in [0.4, 0.5) is 0 Å². The maximum Gasteiger partial charge on any atom is 0.271 e. The predicted molar refractivity (Wildman–Crippen MR) is 73.1 cm³/mol. The van der Waals surface area contributed by atoms with Gasteiger partial charge in [-0.2, -0.15) is 0 Å². The molecule has 96 valence electrons. The Morgan fingerprint density at radius 1 is 1.50 bits per heavy atom. The number of rotatable bonds is 5. The molecular formula is C13H16N2O2S. The van der Waals surface area contributed by atoms with Crippen molar-refractivity contribution >= 4 is 27.3 Å². The van der Waals surface area contributed by atoms with Crippen molar-refractivity contribution in [2.75, 3.05) is 0 Å². The standard InChI is InChI=1S/C13H16N2O2S/c1-3-10(16)5-4-6-15-8-14-11-9(2)7-18-12(11)13(15)17/h7-8H,3-6H2,1-2H3. The fraction of sp³-hybridized carbons (Fsp3) is 0.462. The van der Waals surface area contributed by atoms with E-state index in [1.165, 1.54) is 11.3 Å². The second-order valence-electron chi connectivity index (χ2n) is 4.34. The SMILES string of the molecule is CCC(=O)CCCn1cnc2c(C)csc2c1=O. The van der Waals surface area contributed by atoms with E-state index in [2.05, 4.69) is 4.98 Å². The summed E-state index contributed by atoms with van der Waals surface area (Å²) in [5.74, 6) is 0.240. The number of aryl methyl sites for hydroxylation is 2. The van der Waals surface area contributed by atoms with E-state index in [1.54, 1.807) is 10.9 Å². The molecule has 0 aliphatic rings. The van der Waals surface area contributed by atoms with Crippen LogP contribution >= 0.6 is 11.3 Å². The normalized spacial score (nSPS) is 11.0. The smallest absolute Gasteiger partial charge is 0.271 e. The highest BCUT2D eigenvalue weighted by Gasteiger charge is 2.08. The number of hydrogen-bond donors (Lipinski definition) is 0. The second-order valence-corrected chi connectivity index (χ2v) is 5.21. The van der Waals surface area contributed by atoms with Crippen molar-refractivity contribution in [2.24, 2.45) is 0 Å². The van der Waals surface area contributed by atoms with Crippen LogP contribution < -0.4 is 5.56 Å². The molecule has 0 aromatic carbocycles. The average molecular weight is 264 g/mol. The van der Waals surface area contributed by atoms with Crippen LogP contribution in [0.1, 0.15) is 31.7 Å². The van der Waals surface area contributed by atoms with Gasteiger partial charge >= 0.3 is 0 Å². The zero-order valence-corrected chi connectivity index (χ0v) is 11.4. The number of hydrogen-bond acceptors (Lipinski definition) is 4. The third kappa shape index (κ3) is 2.51. The number of thiophene rings is 1. The molecule has 4 nitrogen and oxygen atoms in total. The Hall–Kier alpha value is -1.49. The van der Waals surface area contributed by atoms with Gasteiger partial charge in [0, 0.05) is 19.4 Å². The molecule has 0 aliphatic carbocycles. The molecule has 18 heavy (non-hydrogen) atoms. The molecular weight excluding hydrogens is 248 g/mol. The van der Waals surface area contributed by atoms with Gasteiger partial charge in [0.15, 0.2) is 0 Å². The predicted octanol–water partition coefficient (Wildman–Crippen LogP) is 2.53. The van der Waals surface area contributed by atoms with Gasteiger partial charge in [-0.1, -0.05) is 6.92 Å². The summed E-state index contributed by atoms with van der Waals surface area (Å²) in [5, 5.41) is 1.95. The van der Waals surface area contributed by atoms with Gasteiger partial charge in [0.05, 0.1) is 11.8 Å². The molecule has 0 aliphatic heterocycles. The van der Waals surface area contributed by atoms with Crippen molar-refractivity contribution in [3.63, 3.8) is 0 Å². The van der Waals surface area contributed by atoms with Gasteiger partial charge in [0.2, 0.25) is 0 Å². The summed E-state index contributed by atoms with van der Waals surface area (Å²) in [4.78, 5) is 27.6. The molecule has 0 saturated carbocycles. The zero-order valence-electron chi connectivity index (χ0n) is 10.6. The number of nitrogens with zero attached hydrogens (tertiary/aromatic N) is 2. The topological polar surface area (TPSA) is 52.0 Å². The van der Waals surface area contributed by atoms with E-state index in [9.17, 15) is 9.59 Å². The Kier molecular flexibility index (Phi) is 3.91. The molecule has 0 amide bonds. The van der Waals surface area contributed by atoms with Crippen LogP contribution in [0.5, 0.6) is 0 Å². The van der Waals surface area contributed by atoms with Gasteiger partial charge in [-0.3, -0.25) is 14.2 Å². The lowest BCUT2D eigenvalue weighted by Crippen LogP contribution is -2.20. The van der Waals surface area contributed by atoms with Gasteiger partial charge in [-0.25, -0.2) is 4.98 Å². The van der Waals surface area contributed by atoms with Crippen LogP contribution in [0.25, 0.3) is 10.2 Å². The molecule has 2 aromatic rings. The van der Waals surface area contributed by atoms with Gasteiger partial charge in [-0.05, 0) is 24.3 Å². The minimum Gasteiger partial charge on any atom is -0.300 e. The molecule has 0 fully saturated rings. The first-order valence-corrected chi connectivity index (χ1v) is 6.96. The first kappa shape index (κ1) is 13.0. The summed E-state index contributed by atoms with van der Waals surface area (Å²) in [6.45, 7) is 4.37. The molecule has 5 heteroatoms. The highest BCUT2D eigenvalue weighted by atomic mass is 32.1. The highest BCUT2D eigenvalue weighted by molar-refractivity contribution is 7.17. The van der Waals surface area contributed by atoms with Crippen molar-refractivity contribution in [1.29, 1.82) is 0 Å². The van der Waals surface area contributed by atoms with Crippen molar-refractivity contribution < 1.29 is 4.79 Å². The average Bonchev–Trinajstić information content (AvgIpc) is 2.74. The Bertz CT molecular complexity index is 627. The molecule has 0 saturated heterocycles. The number of aromatic nitrogens is 2. The Balaban J connectivity index is 2.17. The van der Waals surface area contributed by atoms with Crippen LogP contribution in [0, 0.1) is 6.92 Å². The summed E-state index contributed by atoms with van der Waals surface area (Å²) < 4.78 is 2.30. The molecule has 0 bridgehead atoms. The first-order chi connectivity index (χ1) is 8.63. The number of carbonyl (C=O) groups excluding carboxylic acids is 1. The quantitative estimate of drug-likeness (QED) is 0.833. The van der Waals surface area contributed by atoms with Crippen molar-refractivity contribution in [3.05, 3.63) is 27.6 Å². The summed E-state index contributed by atoms with van der Waals surface area (Å²) in [6.07, 6.45) is 3.38. The molecule has 0 spiro atoms. The number of ketones is 1. The van der Waals surface area contributed by atoms with Crippen LogP contribution in [-0.4, -0.2) is 15.3 Å². The number of Topliss-reactive ketones (excluding diaryl/α,β-unsaturated/α-hetero) is 1. The van der Waals surface area contributed by atoms with Gasteiger partial charge in [-0.15, -0.1) is 11.3 Å². The summed E-state index contributed by atoms with van der Waals surface area (Å²) in [5.41, 5.74) is 1.84. The van der Waals surface area contributed by atoms with E-state index in [0.717, 1.165) is 11.1 Å². The van der Waals surface area contributed by atoms with Gasteiger partial charge in [0.1, 0.15) is 10.5 Å². The minimum atomic E-state index is 0.00190. The lowest BCUT2D eigenvalue weighted by Gasteiger charge is -2.04. The Labute approximate surface area is 109 Å². The lowest BCUT2D eigenvalue weighted by molar-refractivity contribution is -0.118. The van der Waals surface area contributed by atoms with E-state index in [1.807, 2.05) is 19.2 Å². The molecule has 0 radical (unpaired) electrons. The van der Waals surface area contributed by atoms with E-state index >= 15 is 0 Å². The first-order valence-electron chi connectivity index (χ1n) is 6.08. The fourth-order valence-electron chi connectivity index (χ4n) is 1.84. The molecule has 2 heterocycles. The lowest BCUT2D eigenvalue weighted by atomic mass is 10.2. The van der Waals surface area contributed by atoms with Crippen molar-refractivity contribution in [2.45, 2.75) is 39.7 Å². The van der Waals surface area contributed by atoms with Crippen LogP contribution in [0.2, 0.25) is 0 Å². The maximum absolute atomic E-state index is 12.1. The molecule has 0 atom stereocenters. The van der Waals surface area contributed by atoms with E-state index in [4.69, 9.17) is 0 Å². The van der Waals surface area contributed by atoms with Crippen molar-refractivity contribution in [1.82, 2.24) is 9.55 Å². The van der Waals surface area contributed by atoms with Crippen LogP contribution in [0.3, 0.4) is 0 Å². The number of carbonyl (C=O) groups is 1. The third-order valence-electron chi connectivity index (χ3n) is 2.97. The molecule has 2 rings (SSSR count). The highest BCUT2D eigenvalue weighted by Crippen LogP contribution is 2.19. The monoisotopic (exact) mass is 264 g/mol. The third-order valence-corrected chi connectivity index (χ3v) is 4.05. The zero-order chi connectivity index (χ0) is 13.1. The van der Waals surface area contributed by atoms with Crippen molar-refractivity contribution in [3.8, 4) is 0 Å². The van der Waals surface area contributed by atoms with E-state index in [0.29, 0.717) is 30.5 Å². The van der Waals surface area contributed by atoms with Crippen LogP contribution in [0.15, 0.2) is 16.5 Å². The van der Waals surface area contributed by atoms with E-state index < -0.39 is 0 Å². The van der Waals surface area contributed by atoms with Gasteiger partial charge < -0.3 is 0 Å². The largest absolute Gasteiger partial charge is 0.300 e. The molecule has 0 N–H and O–H groups in total. The summed E-state index contributed by atoms with van der Waals surface area (Å²) >= 11 is 1.44. The van der Waals surface area contributed by atoms with E-state index in [-0.39, 0.29) is 11.3 Å². The fourth-order valence-corrected chi connectivity index (χ4v) is 2.79. The van der Waals surface area contributed by atoms with Crippen LogP contribution in [-0.2, 0) is 11.3 Å². The summed E-state index contributed by atoms with van der Waals surface area (Å²) in [6, 6.07) is 0. The van der Waals surface area contributed by atoms with Gasteiger partial charge in [0.25, 0.3) is 5.56 Å². The Morgan fingerprint density at radius 3 is 3.00 bits per heavy atom.